The number of nitro groups is 1. The molecule has 0 atom stereocenters. The average Bonchev–Trinajstić information content (AvgIpc) is 2.46. The molecule has 0 aliphatic rings. The summed E-state index contributed by atoms with van der Waals surface area (Å²) in [6.07, 6.45) is 0. The molecule has 0 saturated carbocycles. The third-order valence-corrected chi connectivity index (χ3v) is 3.72. The molecule has 0 amide bonds. The Balaban J connectivity index is 2.41. The second-order valence-electron chi connectivity index (χ2n) is 5.80. The van der Waals surface area contributed by atoms with Gasteiger partial charge in [0.1, 0.15) is 5.75 Å². The highest BCUT2D eigenvalue weighted by molar-refractivity contribution is 6.33. The van der Waals surface area contributed by atoms with E-state index in [1.54, 1.807) is 6.07 Å². The number of hydrogen-bond acceptors (Lipinski definition) is 4. The smallest absolute Gasteiger partial charge is 0.274 e. The Bertz CT molecular complexity index is 704. The molecule has 0 saturated heterocycles. The van der Waals surface area contributed by atoms with E-state index in [1.165, 1.54) is 18.2 Å². The summed E-state index contributed by atoms with van der Waals surface area (Å²) in [4.78, 5) is 12.8. The van der Waals surface area contributed by atoms with Gasteiger partial charge in [-0.2, -0.15) is 0 Å². The molecule has 2 aromatic rings. The topological polar surface area (TPSA) is 66.6 Å². The SMILES string of the molecule is CC(C)CN(Cc1cc(O)ccc1[N+](=O)[O-])c1ccccc1Cl. The number of anilines is 1. The third-order valence-electron chi connectivity index (χ3n) is 3.40. The maximum Gasteiger partial charge on any atom is 0.274 e. The van der Waals surface area contributed by atoms with Gasteiger partial charge in [0.2, 0.25) is 0 Å². The van der Waals surface area contributed by atoms with Crippen molar-refractivity contribution in [3.8, 4) is 5.75 Å². The van der Waals surface area contributed by atoms with E-state index in [1.807, 2.05) is 23.1 Å². The van der Waals surface area contributed by atoms with Crippen molar-refractivity contribution in [2.45, 2.75) is 20.4 Å². The van der Waals surface area contributed by atoms with Crippen molar-refractivity contribution in [1.29, 1.82) is 0 Å². The van der Waals surface area contributed by atoms with Crippen molar-refractivity contribution < 1.29 is 10.0 Å². The van der Waals surface area contributed by atoms with Gasteiger partial charge in [0, 0.05) is 19.2 Å². The van der Waals surface area contributed by atoms with Crippen LogP contribution in [0.1, 0.15) is 19.4 Å². The molecule has 0 bridgehead atoms. The normalized spacial score (nSPS) is 10.8. The highest BCUT2D eigenvalue weighted by atomic mass is 35.5. The van der Waals surface area contributed by atoms with E-state index in [0.717, 1.165) is 5.69 Å². The lowest BCUT2D eigenvalue weighted by Crippen LogP contribution is -2.27. The maximum absolute atomic E-state index is 11.2. The summed E-state index contributed by atoms with van der Waals surface area (Å²) < 4.78 is 0. The van der Waals surface area contributed by atoms with Crippen LogP contribution in [0.15, 0.2) is 42.5 Å². The Morgan fingerprint density at radius 1 is 1.26 bits per heavy atom. The van der Waals surface area contributed by atoms with Gasteiger partial charge in [-0.25, -0.2) is 0 Å². The lowest BCUT2D eigenvalue weighted by molar-refractivity contribution is -0.385. The second kappa shape index (κ2) is 7.33. The molecule has 0 unspecified atom stereocenters. The van der Waals surface area contributed by atoms with Gasteiger partial charge in [0.05, 0.1) is 21.2 Å². The summed E-state index contributed by atoms with van der Waals surface area (Å²) in [5.41, 5.74) is 1.26. The van der Waals surface area contributed by atoms with Crippen molar-refractivity contribution in [3.05, 3.63) is 63.2 Å². The standard InChI is InChI=1S/C17H19ClN2O3/c1-12(2)10-19(17-6-4-3-5-15(17)18)11-13-9-14(21)7-8-16(13)20(22)23/h3-9,12,21H,10-11H2,1-2H3. The molecule has 0 spiro atoms. The number of nitrogens with zero attached hydrogens (tertiary/aromatic N) is 2. The Morgan fingerprint density at radius 3 is 2.57 bits per heavy atom. The molecule has 0 fully saturated rings. The highest BCUT2D eigenvalue weighted by Gasteiger charge is 2.19. The zero-order chi connectivity index (χ0) is 17.0. The van der Waals surface area contributed by atoms with E-state index in [-0.39, 0.29) is 11.4 Å². The number of benzene rings is 2. The molecule has 2 aromatic carbocycles. The number of hydrogen-bond donors (Lipinski definition) is 1. The van der Waals surface area contributed by atoms with Crippen molar-refractivity contribution in [2.75, 3.05) is 11.4 Å². The van der Waals surface area contributed by atoms with Crippen LogP contribution in [-0.4, -0.2) is 16.6 Å². The molecule has 0 aromatic heterocycles. The minimum Gasteiger partial charge on any atom is -0.508 e. The molecular weight excluding hydrogens is 316 g/mol. The van der Waals surface area contributed by atoms with Gasteiger partial charge in [0.15, 0.2) is 0 Å². The number of aromatic hydroxyl groups is 1. The number of rotatable bonds is 6. The summed E-state index contributed by atoms with van der Waals surface area (Å²) in [6.45, 7) is 5.13. The van der Waals surface area contributed by atoms with Gasteiger partial charge in [-0.1, -0.05) is 37.6 Å². The van der Waals surface area contributed by atoms with Crippen LogP contribution in [0.25, 0.3) is 0 Å². The molecule has 122 valence electrons. The van der Waals surface area contributed by atoms with Gasteiger partial charge >= 0.3 is 0 Å². The molecule has 0 aliphatic heterocycles. The van der Waals surface area contributed by atoms with E-state index in [9.17, 15) is 15.2 Å². The van der Waals surface area contributed by atoms with Gasteiger partial charge in [0.25, 0.3) is 5.69 Å². The van der Waals surface area contributed by atoms with Crippen LogP contribution in [0.5, 0.6) is 5.75 Å². The molecule has 1 N–H and O–H groups in total. The fourth-order valence-electron chi connectivity index (χ4n) is 2.48. The first kappa shape index (κ1) is 17.1. The van der Waals surface area contributed by atoms with Crippen LogP contribution in [-0.2, 0) is 6.54 Å². The van der Waals surface area contributed by atoms with Crippen molar-refractivity contribution in [1.82, 2.24) is 0 Å². The first-order chi connectivity index (χ1) is 10.9. The zero-order valence-corrected chi connectivity index (χ0v) is 13.8. The van der Waals surface area contributed by atoms with E-state index < -0.39 is 4.92 Å². The van der Waals surface area contributed by atoms with Crippen LogP contribution in [0, 0.1) is 16.0 Å². The highest BCUT2D eigenvalue weighted by Crippen LogP contribution is 2.30. The first-order valence-corrected chi connectivity index (χ1v) is 7.72. The minimum absolute atomic E-state index is 0.00857. The number of halogens is 1. The Kier molecular flexibility index (Phi) is 5.45. The summed E-state index contributed by atoms with van der Waals surface area (Å²) >= 11 is 6.28. The van der Waals surface area contributed by atoms with Crippen LogP contribution in [0.4, 0.5) is 11.4 Å². The third kappa shape index (κ3) is 4.36. The van der Waals surface area contributed by atoms with Crippen LogP contribution in [0.2, 0.25) is 5.02 Å². The molecule has 6 heteroatoms. The molecule has 2 rings (SSSR count). The lowest BCUT2D eigenvalue weighted by atomic mass is 10.1. The largest absolute Gasteiger partial charge is 0.508 e. The molecule has 0 heterocycles. The quantitative estimate of drug-likeness (QED) is 0.618. The van der Waals surface area contributed by atoms with E-state index in [4.69, 9.17) is 11.6 Å². The van der Waals surface area contributed by atoms with Crippen molar-refractivity contribution >= 4 is 23.0 Å². The predicted molar refractivity (Wildman–Crippen MR) is 92.1 cm³/mol. The second-order valence-corrected chi connectivity index (χ2v) is 6.20. The maximum atomic E-state index is 11.2. The van der Waals surface area contributed by atoms with Crippen molar-refractivity contribution in [2.24, 2.45) is 5.92 Å². The van der Waals surface area contributed by atoms with Gasteiger partial charge in [-0.05, 0) is 30.2 Å². The predicted octanol–water partition coefficient (Wildman–Crippen LogP) is 4.62. The van der Waals surface area contributed by atoms with Crippen LogP contribution < -0.4 is 4.90 Å². The Labute approximate surface area is 140 Å². The fraction of sp³-hybridized carbons (Fsp3) is 0.294. The van der Waals surface area contributed by atoms with E-state index in [2.05, 4.69) is 13.8 Å². The summed E-state index contributed by atoms with van der Waals surface area (Å²) in [6, 6.07) is 11.5. The van der Waals surface area contributed by atoms with Gasteiger partial charge in [-0.15, -0.1) is 0 Å². The Morgan fingerprint density at radius 2 is 1.96 bits per heavy atom. The Hall–Kier alpha value is -2.27. The fourth-order valence-corrected chi connectivity index (χ4v) is 2.73. The summed E-state index contributed by atoms with van der Waals surface area (Å²) in [5.74, 6) is 0.358. The zero-order valence-electron chi connectivity index (χ0n) is 13.1. The van der Waals surface area contributed by atoms with Crippen LogP contribution >= 0.6 is 11.6 Å². The van der Waals surface area contributed by atoms with Gasteiger partial charge in [-0.3, -0.25) is 10.1 Å². The lowest BCUT2D eigenvalue weighted by Gasteiger charge is -2.27. The number of phenolic OH excluding ortho intramolecular Hbond substituents is 1. The van der Waals surface area contributed by atoms with Crippen molar-refractivity contribution in [3.63, 3.8) is 0 Å². The number of phenols is 1. The van der Waals surface area contributed by atoms with E-state index >= 15 is 0 Å². The molecule has 0 aliphatic carbocycles. The number of nitro benzene ring substituents is 1. The average molecular weight is 335 g/mol. The first-order valence-electron chi connectivity index (χ1n) is 7.34. The van der Waals surface area contributed by atoms with E-state index in [0.29, 0.717) is 29.6 Å². The minimum atomic E-state index is -0.436. The summed E-state index contributed by atoms with van der Waals surface area (Å²) in [7, 11) is 0. The molecular formula is C17H19ClN2O3. The van der Waals surface area contributed by atoms with Gasteiger partial charge < -0.3 is 10.0 Å². The summed E-state index contributed by atoms with van der Waals surface area (Å²) in [5, 5.41) is 21.5. The molecule has 0 radical (unpaired) electrons. The monoisotopic (exact) mass is 334 g/mol. The van der Waals surface area contributed by atoms with Crippen LogP contribution in [0.3, 0.4) is 0 Å². The molecule has 23 heavy (non-hydrogen) atoms. The number of para-hydroxylation sites is 1. The molecule has 5 nitrogen and oxygen atoms in total.